The SMILES string of the molecule is N[C@H](CO)C[C@@H](Sc1cccc(CO)n1)c1ccccc1. The van der Waals surface area contributed by atoms with Gasteiger partial charge >= 0.3 is 0 Å². The minimum Gasteiger partial charge on any atom is -0.395 e. The molecule has 1 aromatic heterocycles. The van der Waals surface area contributed by atoms with Crippen molar-refractivity contribution >= 4 is 11.8 Å². The maximum atomic E-state index is 9.20. The summed E-state index contributed by atoms with van der Waals surface area (Å²) in [5.74, 6) is 0. The third-order valence-corrected chi connectivity index (χ3v) is 4.35. The molecule has 4 nitrogen and oxygen atoms in total. The van der Waals surface area contributed by atoms with Crippen molar-refractivity contribution in [1.29, 1.82) is 0 Å². The van der Waals surface area contributed by atoms with Crippen LogP contribution in [0.2, 0.25) is 0 Å². The van der Waals surface area contributed by atoms with E-state index < -0.39 is 0 Å². The molecule has 112 valence electrons. The molecular weight excluding hydrogens is 284 g/mol. The van der Waals surface area contributed by atoms with Crippen LogP contribution >= 0.6 is 11.8 Å². The average molecular weight is 304 g/mol. The van der Waals surface area contributed by atoms with Crippen molar-refractivity contribution in [2.24, 2.45) is 5.73 Å². The van der Waals surface area contributed by atoms with Crippen LogP contribution in [0.5, 0.6) is 0 Å². The Labute approximate surface area is 129 Å². The van der Waals surface area contributed by atoms with Crippen molar-refractivity contribution in [2.75, 3.05) is 6.61 Å². The fourth-order valence-electron chi connectivity index (χ4n) is 2.03. The van der Waals surface area contributed by atoms with Crippen molar-refractivity contribution < 1.29 is 10.2 Å². The summed E-state index contributed by atoms with van der Waals surface area (Å²) in [4.78, 5) is 4.40. The van der Waals surface area contributed by atoms with Gasteiger partial charge < -0.3 is 15.9 Å². The predicted molar refractivity (Wildman–Crippen MR) is 84.9 cm³/mol. The molecule has 0 amide bonds. The highest BCUT2D eigenvalue weighted by molar-refractivity contribution is 7.99. The number of aliphatic hydroxyl groups excluding tert-OH is 2. The first-order valence-corrected chi connectivity index (χ1v) is 7.75. The molecule has 0 unspecified atom stereocenters. The summed E-state index contributed by atoms with van der Waals surface area (Å²) >= 11 is 1.60. The molecule has 1 heterocycles. The molecule has 0 fully saturated rings. The third-order valence-electron chi connectivity index (χ3n) is 3.13. The van der Waals surface area contributed by atoms with E-state index in [9.17, 15) is 10.2 Å². The highest BCUT2D eigenvalue weighted by Gasteiger charge is 2.17. The van der Waals surface area contributed by atoms with E-state index in [4.69, 9.17) is 5.73 Å². The van der Waals surface area contributed by atoms with E-state index in [0.717, 1.165) is 10.6 Å². The number of aromatic nitrogens is 1. The second-order valence-corrected chi connectivity index (χ2v) is 6.04. The first kappa shape index (κ1) is 16.0. The second-order valence-electron chi connectivity index (χ2n) is 4.82. The summed E-state index contributed by atoms with van der Waals surface area (Å²) in [7, 11) is 0. The summed E-state index contributed by atoms with van der Waals surface area (Å²) < 4.78 is 0. The van der Waals surface area contributed by atoms with Crippen LogP contribution in [0, 0.1) is 0 Å². The van der Waals surface area contributed by atoms with Gasteiger partial charge in [0.2, 0.25) is 0 Å². The van der Waals surface area contributed by atoms with Crippen LogP contribution in [-0.4, -0.2) is 27.8 Å². The zero-order valence-corrected chi connectivity index (χ0v) is 12.5. The van der Waals surface area contributed by atoms with Crippen LogP contribution < -0.4 is 5.73 Å². The quantitative estimate of drug-likeness (QED) is 0.683. The van der Waals surface area contributed by atoms with E-state index in [2.05, 4.69) is 17.1 Å². The van der Waals surface area contributed by atoms with Gasteiger partial charge in [-0.15, -0.1) is 0 Å². The summed E-state index contributed by atoms with van der Waals surface area (Å²) in [5, 5.41) is 19.3. The maximum absolute atomic E-state index is 9.20. The number of rotatable bonds is 7. The Morgan fingerprint density at radius 1 is 1.05 bits per heavy atom. The molecule has 2 aromatic rings. The highest BCUT2D eigenvalue weighted by atomic mass is 32.2. The molecule has 4 N–H and O–H groups in total. The van der Waals surface area contributed by atoms with Gasteiger partial charge in [0.15, 0.2) is 0 Å². The summed E-state index contributed by atoms with van der Waals surface area (Å²) in [6.07, 6.45) is 0.663. The zero-order valence-electron chi connectivity index (χ0n) is 11.7. The van der Waals surface area contributed by atoms with Gasteiger partial charge in [-0.3, -0.25) is 0 Å². The smallest absolute Gasteiger partial charge is 0.0970 e. The molecule has 0 saturated heterocycles. The fourth-order valence-corrected chi connectivity index (χ4v) is 3.28. The van der Waals surface area contributed by atoms with Crippen LogP contribution in [-0.2, 0) is 6.61 Å². The minimum absolute atomic E-state index is 0.0337. The number of thioether (sulfide) groups is 1. The van der Waals surface area contributed by atoms with E-state index in [1.165, 1.54) is 0 Å². The number of pyridine rings is 1. The molecule has 0 aliphatic carbocycles. The van der Waals surface area contributed by atoms with Gasteiger partial charge in [0.1, 0.15) is 0 Å². The van der Waals surface area contributed by atoms with Crippen molar-refractivity contribution in [3.63, 3.8) is 0 Å². The zero-order chi connectivity index (χ0) is 15.1. The van der Waals surface area contributed by atoms with E-state index in [-0.39, 0.29) is 24.5 Å². The van der Waals surface area contributed by atoms with Gasteiger partial charge in [-0.25, -0.2) is 4.98 Å². The standard InChI is InChI=1S/C16H20N2O2S/c17-13(10-19)9-15(12-5-2-1-3-6-12)21-16-8-4-7-14(11-20)18-16/h1-8,13,15,19-20H,9-11,17H2/t13-,15+/m0/s1. The Kier molecular flexibility index (Phi) is 6.20. The molecule has 0 aliphatic heterocycles. The predicted octanol–water partition coefficient (Wildman–Crippen LogP) is 2.12. The van der Waals surface area contributed by atoms with Crippen LogP contribution in [0.15, 0.2) is 53.6 Å². The molecule has 0 aliphatic rings. The number of benzene rings is 1. The lowest BCUT2D eigenvalue weighted by Crippen LogP contribution is -2.26. The number of hydrogen-bond acceptors (Lipinski definition) is 5. The third kappa shape index (κ3) is 4.82. The number of hydrogen-bond donors (Lipinski definition) is 3. The Balaban J connectivity index is 2.19. The molecule has 0 spiro atoms. The number of nitrogens with zero attached hydrogens (tertiary/aromatic N) is 1. The van der Waals surface area contributed by atoms with Gasteiger partial charge in [-0.1, -0.05) is 48.2 Å². The Hall–Kier alpha value is -1.40. The lowest BCUT2D eigenvalue weighted by molar-refractivity contribution is 0.259. The van der Waals surface area contributed by atoms with Crippen molar-refractivity contribution in [2.45, 2.75) is 29.3 Å². The molecule has 2 rings (SSSR count). The van der Waals surface area contributed by atoms with Crippen molar-refractivity contribution in [3.8, 4) is 0 Å². The molecule has 1 aromatic carbocycles. The van der Waals surface area contributed by atoms with Gasteiger partial charge in [0.05, 0.1) is 23.9 Å². The average Bonchev–Trinajstić information content (AvgIpc) is 2.55. The van der Waals surface area contributed by atoms with E-state index in [1.54, 1.807) is 17.8 Å². The van der Waals surface area contributed by atoms with Gasteiger partial charge in [-0.05, 0) is 24.1 Å². The normalized spacial score (nSPS) is 13.9. The van der Waals surface area contributed by atoms with Gasteiger partial charge in [0, 0.05) is 11.3 Å². The lowest BCUT2D eigenvalue weighted by Gasteiger charge is -2.19. The Bertz CT molecular complexity index is 551. The fraction of sp³-hybridized carbons (Fsp3) is 0.312. The molecule has 2 atom stereocenters. The molecule has 0 bridgehead atoms. The minimum atomic E-state index is -0.260. The molecule has 21 heavy (non-hydrogen) atoms. The second kappa shape index (κ2) is 8.14. The summed E-state index contributed by atoms with van der Waals surface area (Å²) in [5.41, 5.74) is 7.70. The Morgan fingerprint density at radius 3 is 2.48 bits per heavy atom. The Morgan fingerprint density at radius 2 is 1.81 bits per heavy atom. The summed E-state index contributed by atoms with van der Waals surface area (Å²) in [6, 6.07) is 15.4. The van der Waals surface area contributed by atoms with E-state index in [0.29, 0.717) is 12.1 Å². The maximum Gasteiger partial charge on any atom is 0.0970 e. The van der Waals surface area contributed by atoms with E-state index >= 15 is 0 Å². The monoisotopic (exact) mass is 304 g/mol. The molecule has 0 radical (unpaired) electrons. The van der Waals surface area contributed by atoms with Crippen molar-refractivity contribution in [3.05, 3.63) is 59.8 Å². The topological polar surface area (TPSA) is 79.4 Å². The first-order valence-electron chi connectivity index (χ1n) is 6.87. The number of nitrogens with two attached hydrogens (primary N) is 1. The van der Waals surface area contributed by atoms with Crippen LogP contribution in [0.1, 0.15) is 22.9 Å². The van der Waals surface area contributed by atoms with Crippen molar-refractivity contribution in [1.82, 2.24) is 4.98 Å². The van der Waals surface area contributed by atoms with E-state index in [1.807, 2.05) is 30.3 Å². The van der Waals surface area contributed by atoms with Crippen LogP contribution in [0.25, 0.3) is 0 Å². The van der Waals surface area contributed by atoms with Crippen LogP contribution in [0.4, 0.5) is 0 Å². The molecular formula is C16H20N2O2S. The van der Waals surface area contributed by atoms with Crippen LogP contribution in [0.3, 0.4) is 0 Å². The summed E-state index contributed by atoms with van der Waals surface area (Å²) in [6.45, 7) is -0.103. The lowest BCUT2D eigenvalue weighted by atomic mass is 10.1. The molecule has 5 heteroatoms. The molecule has 0 saturated carbocycles. The highest BCUT2D eigenvalue weighted by Crippen LogP contribution is 2.37. The van der Waals surface area contributed by atoms with Gasteiger partial charge in [0.25, 0.3) is 0 Å². The largest absolute Gasteiger partial charge is 0.395 e. The first-order chi connectivity index (χ1) is 10.2. The number of aliphatic hydroxyl groups is 2. The van der Waals surface area contributed by atoms with Gasteiger partial charge in [-0.2, -0.15) is 0 Å².